The summed E-state index contributed by atoms with van der Waals surface area (Å²) in [5.74, 6) is 0.347. The van der Waals surface area contributed by atoms with Gasteiger partial charge in [-0.3, -0.25) is 9.59 Å². The molecule has 2 amide bonds. The van der Waals surface area contributed by atoms with Gasteiger partial charge in [-0.05, 0) is 59.7 Å². The average molecular weight is 424 g/mol. The maximum Gasteiger partial charge on any atom is 0.255 e. The van der Waals surface area contributed by atoms with Gasteiger partial charge in [0.2, 0.25) is 11.1 Å². The van der Waals surface area contributed by atoms with Gasteiger partial charge in [0.1, 0.15) is 5.75 Å². The van der Waals surface area contributed by atoms with Crippen LogP contribution in [0.3, 0.4) is 0 Å². The number of para-hydroxylation sites is 2. The van der Waals surface area contributed by atoms with Crippen molar-refractivity contribution in [3.8, 4) is 5.75 Å². The fourth-order valence-corrected chi connectivity index (χ4v) is 3.55. The number of carbonyl (C=O) groups excluding carboxylic acids is 2. The number of hydrogen-bond acceptors (Lipinski definition) is 7. The van der Waals surface area contributed by atoms with Crippen LogP contribution in [0.2, 0.25) is 0 Å². The zero-order valence-electron chi connectivity index (χ0n) is 16.2. The number of rotatable bonds is 8. The van der Waals surface area contributed by atoms with Crippen LogP contribution in [-0.4, -0.2) is 44.9 Å². The summed E-state index contributed by atoms with van der Waals surface area (Å²) in [4.78, 5) is 24.7. The number of benzene rings is 2. The molecular weight excluding hydrogens is 404 g/mol. The zero-order valence-corrected chi connectivity index (χ0v) is 17.1. The number of amides is 2. The Kier molecular flexibility index (Phi) is 5.94. The predicted octanol–water partition coefficient (Wildman–Crippen LogP) is 3.00. The van der Waals surface area contributed by atoms with Crippen LogP contribution in [0.15, 0.2) is 53.7 Å². The molecule has 4 rings (SSSR count). The highest BCUT2D eigenvalue weighted by atomic mass is 32.2. The standard InChI is InChI=1S/C20H20N6O3S/c1-29-17-5-3-2-4-16(17)22-19(28)13-6-8-14(9-7-13)21-18(27)12-30-20-23-24-25-26(20)15-10-11-15/h2-9,15H,10-12H2,1H3,(H,21,27)(H,22,28). The van der Waals surface area contributed by atoms with Crippen LogP contribution in [0.25, 0.3) is 0 Å². The lowest BCUT2D eigenvalue weighted by Gasteiger charge is -2.10. The molecule has 1 aliphatic carbocycles. The lowest BCUT2D eigenvalue weighted by molar-refractivity contribution is -0.113. The van der Waals surface area contributed by atoms with E-state index >= 15 is 0 Å². The zero-order chi connectivity index (χ0) is 20.9. The van der Waals surface area contributed by atoms with Crippen LogP contribution in [0.1, 0.15) is 29.2 Å². The van der Waals surface area contributed by atoms with E-state index in [1.807, 2.05) is 12.1 Å². The summed E-state index contributed by atoms with van der Waals surface area (Å²) in [7, 11) is 1.55. The molecule has 1 saturated carbocycles. The van der Waals surface area contributed by atoms with E-state index in [9.17, 15) is 9.59 Å². The fourth-order valence-electron chi connectivity index (χ4n) is 2.80. The summed E-state index contributed by atoms with van der Waals surface area (Å²) in [6, 6.07) is 14.2. The molecule has 0 unspecified atom stereocenters. The smallest absolute Gasteiger partial charge is 0.255 e. The third-order valence-corrected chi connectivity index (χ3v) is 5.41. The second-order valence-corrected chi connectivity index (χ2v) is 7.65. The van der Waals surface area contributed by atoms with E-state index in [0.29, 0.717) is 33.9 Å². The largest absolute Gasteiger partial charge is 0.495 e. The number of ether oxygens (including phenoxy) is 1. The van der Waals surface area contributed by atoms with Gasteiger partial charge in [-0.15, -0.1) is 5.10 Å². The van der Waals surface area contributed by atoms with Gasteiger partial charge < -0.3 is 15.4 Å². The maximum absolute atomic E-state index is 12.5. The quantitative estimate of drug-likeness (QED) is 0.535. The van der Waals surface area contributed by atoms with Gasteiger partial charge in [-0.25, -0.2) is 4.68 Å². The van der Waals surface area contributed by atoms with Crippen molar-refractivity contribution in [2.45, 2.75) is 24.0 Å². The van der Waals surface area contributed by atoms with Crippen molar-refractivity contribution in [2.75, 3.05) is 23.5 Å². The highest BCUT2D eigenvalue weighted by Gasteiger charge is 2.28. The highest BCUT2D eigenvalue weighted by Crippen LogP contribution is 2.36. The van der Waals surface area contributed by atoms with Crippen LogP contribution in [0.5, 0.6) is 5.75 Å². The van der Waals surface area contributed by atoms with Gasteiger partial charge in [0, 0.05) is 11.3 Å². The van der Waals surface area contributed by atoms with E-state index in [2.05, 4.69) is 26.2 Å². The van der Waals surface area contributed by atoms with Crippen molar-refractivity contribution in [2.24, 2.45) is 0 Å². The minimum Gasteiger partial charge on any atom is -0.495 e. The second-order valence-electron chi connectivity index (χ2n) is 6.71. The second kappa shape index (κ2) is 8.95. The summed E-state index contributed by atoms with van der Waals surface area (Å²) in [6.45, 7) is 0. The normalized spacial score (nSPS) is 13.0. The number of anilines is 2. The number of tetrazole rings is 1. The lowest BCUT2D eigenvalue weighted by atomic mass is 10.2. The van der Waals surface area contributed by atoms with Gasteiger partial charge in [-0.1, -0.05) is 23.9 Å². The number of nitrogens with one attached hydrogen (secondary N) is 2. The molecule has 10 heteroatoms. The molecule has 0 radical (unpaired) electrons. The first-order valence-electron chi connectivity index (χ1n) is 9.39. The molecule has 0 bridgehead atoms. The number of carbonyl (C=O) groups is 2. The molecule has 9 nitrogen and oxygen atoms in total. The monoisotopic (exact) mass is 424 g/mol. The van der Waals surface area contributed by atoms with Crippen molar-refractivity contribution < 1.29 is 14.3 Å². The Balaban J connectivity index is 1.31. The molecule has 30 heavy (non-hydrogen) atoms. The minimum absolute atomic E-state index is 0.170. The Morgan fingerprint density at radius 1 is 1.13 bits per heavy atom. The van der Waals surface area contributed by atoms with E-state index in [1.54, 1.807) is 48.2 Å². The van der Waals surface area contributed by atoms with Crippen LogP contribution in [0.4, 0.5) is 11.4 Å². The van der Waals surface area contributed by atoms with E-state index in [4.69, 9.17) is 4.74 Å². The summed E-state index contributed by atoms with van der Waals surface area (Å²) < 4.78 is 7.01. The van der Waals surface area contributed by atoms with Gasteiger partial charge in [0.25, 0.3) is 5.91 Å². The van der Waals surface area contributed by atoms with Crippen LogP contribution < -0.4 is 15.4 Å². The average Bonchev–Trinajstić information content (AvgIpc) is 3.50. The third-order valence-electron chi connectivity index (χ3n) is 4.47. The number of thioether (sulfide) groups is 1. The van der Waals surface area contributed by atoms with E-state index < -0.39 is 0 Å². The third kappa shape index (κ3) is 4.77. The topological polar surface area (TPSA) is 111 Å². The molecule has 0 spiro atoms. The number of methoxy groups -OCH3 is 1. The van der Waals surface area contributed by atoms with Crippen LogP contribution in [0, 0.1) is 0 Å². The van der Waals surface area contributed by atoms with Crippen molar-refractivity contribution in [1.29, 1.82) is 0 Å². The maximum atomic E-state index is 12.5. The number of nitrogens with zero attached hydrogens (tertiary/aromatic N) is 4. The highest BCUT2D eigenvalue weighted by molar-refractivity contribution is 7.99. The number of aromatic nitrogens is 4. The van der Waals surface area contributed by atoms with Crippen LogP contribution in [-0.2, 0) is 4.79 Å². The van der Waals surface area contributed by atoms with E-state index in [1.165, 1.54) is 11.8 Å². The molecular formula is C20H20N6O3S. The van der Waals surface area contributed by atoms with Gasteiger partial charge in [0.05, 0.1) is 24.6 Å². The molecule has 0 atom stereocenters. The first-order valence-corrected chi connectivity index (χ1v) is 10.4. The SMILES string of the molecule is COc1ccccc1NC(=O)c1ccc(NC(=O)CSc2nnnn2C2CC2)cc1. The van der Waals surface area contributed by atoms with E-state index in [-0.39, 0.29) is 17.6 Å². The van der Waals surface area contributed by atoms with Gasteiger partial charge in [-0.2, -0.15) is 0 Å². The molecule has 3 aromatic rings. The summed E-state index contributed by atoms with van der Waals surface area (Å²) in [5, 5.41) is 17.9. The van der Waals surface area contributed by atoms with Crippen molar-refractivity contribution in [3.05, 3.63) is 54.1 Å². The Bertz CT molecular complexity index is 1050. The molecule has 1 aliphatic rings. The summed E-state index contributed by atoms with van der Waals surface area (Å²) in [6.07, 6.45) is 2.14. The van der Waals surface area contributed by atoms with E-state index in [0.717, 1.165) is 12.8 Å². The summed E-state index contributed by atoms with van der Waals surface area (Å²) >= 11 is 1.30. The molecule has 0 aliphatic heterocycles. The molecule has 154 valence electrons. The number of hydrogen-bond donors (Lipinski definition) is 2. The summed E-state index contributed by atoms with van der Waals surface area (Å²) in [5.41, 5.74) is 1.67. The predicted molar refractivity (Wildman–Crippen MR) is 113 cm³/mol. The first-order chi connectivity index (χ1) is 14.6. The Labute approximate surface area is 177 Å². The van der Waals surface area contributed by atoms with Crippen molar-refractivity contribution >= 4 is 35.0 Å². The van der Waals surface area contributed by atoms with Gasteiger partial charge >= 0.3 is 0 Å². The Morgan fingerprint density at radius 3 is 2.63 bits per heavy atom. The van der Waals surface area contributed by atoms with Gasteiger partial charge in [0.15, 0.2) is 0 Å². The minimum atomic E-state index is -0.264. The fraction of sp³-hybridized carbons (Fsp3) is 0.250. The van der Waals surface area contributed by atoms with Crippen LogP contribution >= 0.6 is 11.8 Å². The molecule has 1 heterocycles. The Morgan fingerprint density at radius 2 is 1.90 bits per heavy atom. The molecule has 1 aromatic heterocycles. The molecule has 0 saturated heterocycles. The lowest BCUT2D eigenvalue weighted by Crippen LogP contribution is -2.15. The molecule has 2 aromatic carbocycles. The van der Waals surface area contributed by atoms with Crippen molar-refractivity contribution in [1.82, 2.24) is 20.2 Å². The van der Waals surface area contributed by atoms with Crippen molar-refractivity contribution in [3.63, 3.8) is 0 Å². The molecule has 2 N–H and O–H groups in total. The Hall–Kier alpha value is -3.40. The first kappa shape index (κ1) is 19.9. The molecule has 1 fully saturated rings.